The van der Waals surface area contributed by atoms with Gasteiger partial charge < -0.3 is 9.64 Å². The number of fused-ring (bicyclic) bond motifs is 1. The van der Waals surface area contributed by atoms with Gasteiger partial charge >= 0.3 is 0 Å². The summed E-state index contributed by atoms with van der Waals surface area (Å²) in [5.41, 5.74) is 3.32. The van der Waals surface area contributed by atoms with Gasteiger partial charge in [0.1, 0.15) is 12.4 Å². The SMILES string of the molecule is CCC(C)CN(CC(=O)N1CCc2sccc2C1COc1ccc(C(C)C)cc1)S(=O)(=O)c1ccc(C)cc1. The molecule has 39 heavy (non-hydrogen) atoms. The van der Waals surface area contributed by atoms with Gasteiger partial charge in [0.05, 0.1) is 17.5 Å². The van der Waals surface area contributed by atoms with Crippen LogP contribution in [0.3, 0.4) is 0 Å². The number of hydrogen-bond donors (Lipinski definition) is 0. The van der Waals surface area contributed by atoms with Gasteiger partial charge in [-0.3, -0.25) is 4.79 Å². The van der Waals surface area contributed by atoms with E-state index in [1.807, 2.05) is 37.8 Å². The highest BCUT2D eigenvalue weighted by Gasteiger charge is 2.35. The minimum atomic E-state index is -3.83. The molecule has 1 aliphatic rings. The lowest BCUT2D eigenvalue weighted by atomic mass is 10.00. The van der Waals surface area contributed by atoms with Crippen LogP contribution in [0.4, 0.5) is 0 Å². The lowest BCUT2D eigenvalue weighted by Gasteiger charge is -2.37. The molecule has 0 saturated heterocycles. The van der Waals surface area contributed by atoms with Crippen LogP contribution in [0, 0.1) is 12.8 Å². The van der Waals surface area contributed by atoms with Crippen molar-refractivity contribution in [2.45, 2.75) is 64.3 Å². The molecule has 0 radical (unpaired) electrons. The molecule has 210 valence electrons. The van der Waals surface area contributed by atoms with Crippen molar-refractivity contribution in [2.75, 3.05) is 26.2 Å². The second-order valence-corrected chi connectivity index (χ2v) is 13.7. The van der Waals surface area contributed by atoms with Crippen LogP contribution in [0.5, 0.6) is 5.75 Å². The maximum absolute atomic E-state index is 13.9. The molecule has 0 N–H and O–H groups in total. The lowest BCUT2D eigenvalue weighted by Crippen LogP contribution is -2.48. The van der Waals surface area contributed by atoms with Crippen molar-refractivity contribution < 1.29 is 17.9 Å². The first-order valence-corrected chi connectivity index (χ1v) is 16.1. The van der Waals surface area contributed by atoms with Gasteiger partial charge in [0.15, 0.2) is 0 Å². The quantitative estimate of drug-likeness (QED) is 0.268. The molecule has 2 atom stereocenters. The minimum absolute atomic E-state index is 0.121. The van der Waals surface area contributed by atoms with Crippen LogP contribution >= 0.6 is 11.3 Å². The Morgan fingerprint density at radius 2 is 1.77 bits per heavy atom. The number of amides is 1. The molecule has 8 heteroatoms. The normalized spacial score (nSPS) is 16.4. The number of ether oxygens (including phenoxy) is 1. The van der Waals surface area contributed by atoms with Crippen molar-refractivity contribution >= 4 is 27.3 Å². The van der Waals surface area contributed by atoms with E-state index in [4.69, 9.17) is 4.74 Å². The van der Waals surface area contributed by atoms with Crippen LogP contribution in [0.25, 0.3) is 0 Å². The maximum Gasteiger partial charge on any atom is 0.243 e. The molecule has 4 rings (SSSR count). The van der Waals surface area contributed by atoms with E-state index in [2.05, 4.69) is 37.4 Å². The van der Waals surface area contributed by atoms with Gasteiger partial charge in [0, 0.05) is 18.0 Å². The fourth-order valence-electron chi connectivity index (χ4n) is 4.82. The molecule has 2 unspecified atom stereocenters. The summed E-state index contributed by atoms with van der Waals surface area (Å²) < 4.78 is 34.9. The number of benzene rings is 2. The summed E-state index contributed by atoms with van der Waals surface area (Å²) in [4.78, 5) is 17.1. The number of thiophene rings is 1. The van der Waals surface area contributed by atoms with Crippen molar-refractivity contribution in [3.63, 3.8) is 0 Å². The highest BCUT2D eigenvalue weighted by Crippen LogP contribution is 2.34. The molecule has 3 aromatic rings. The fraction of sp³-hybridized carbons (Fsp3) is 0.452. The first-order valence-electron chi connectivity index (χ1n) is 13.8. The summed E-state index contributed by atoms with van der Waals surface area (Å²) in [5.74, 6) is 1.12. The van der Waals surface area contributed by atoms with E-state index < -0.39 is 10.0 Å². The van der Waals surface area contributed by atoms with E-state index in [9.17, 15) is 13.2 Å². The maximum atomic E-state index is 13.9. The topological polar surface area (TPSA) is 66.9 Å². The molecule has 2 heterocycles. The van der Waals surface area contributed by atoms with Crippen LogP contribution in [0.1, 0.15) is 67.6 Å². The smallest absolute Gasteiger partial charge is 0.243 e. The van der Waals surface area contributed by atoms with Crippen molar-refractivity contribution in [1.82, 2.24) is 9.21 Å². The molecule has 1 amide bonds. The predicted octanol–water partition coefficient (Wildman–Crippen LogP) is 6.42. The third kappa shape index (κ3) is 6.91. The van der Waals surface area contributed by atoms with Gasteiger partial charge in [-0.1, -0.05) is 63.9 Å². The minimum Gasteiger partial charge on any atom is -0.491 e. The molecule has 1 aliphatic heterocycles. The van der Waals surface area contributed by atoms with Gasteiger partial charge in [0.25, 0.3) is 0 Å². The Hall–Kier alpha value is -2.68. The number of carbonyl (C=O) groups excluding carboxylic acids is 1. The Morgan fingerprint density at radius 1 is 1.08 bits per heavy atom. The van der Waals surface area contributed by atoms with Crippen molar-refractivity contribution in [1.29, 1.82) is 0 Å². The van der Waals surface area contributed by atoms with Gasteiger partial charge in [0.2, 0.25) is 15.9 Å². The summed E-state index contributed by atoms with van der Waals surface area (Å²) in [6, 6.07) is 16.7. The third-order valence-electron chi connectivity index (χ3n) is 7.55. The average Bonchev–Trinajstić information content (AvgIpc) is 3.41. The standard InChI is InChI=1S/C31H40N2O4S2/c1-6-23(4)19-32(39(35,36)27-13-7-24(5)8-14-27)20-31(34)33-17-15-30-28(16-18-38-30)29(33)21-37-26-11-9-25(10-12-26)22(2)3/h7-14,16,18,22-23,29H,6,15,17,19-21H2,1-5H3. The zero-order valence-electron chi connectivity index (χ0n) is 23.6. The number of nitrogens with zero attached hydrogens (tertiary/aromatic N) is 2. The van der Waals surface area contributed by atoms with E-state index in [1.54, 1.807) is 35.6 Å². The average molecular weight is 569 g/mol. The second-order valence-electron chi connectivity index (χ2n) is 10.8. The van der Waals surface area contributed by atoms with Gasteiger partial charge in [-0.05, 0) is 72.0 Å². The summed E-state index contributed by atoms with van der Waals surface area (Å²) in [6.07, 6.45) is 1.58. The van der Waals surface area contributed by atoms with E-state index in [1.165, 1.54) is 14.7 Å². The molecule has 0 bridgehead atoms. The number of rotatable bonds is 11. The third-order valence-corrected chi connectivity index (χ3v) is 10.4. The largest absolute Gasteiger partial charge is 0.491 e. The number of sulfonamides is 1. The predicted molar refractivity (Wildman–Crippen MR) is 158 cm³/mol. The highest BCUT2D eigenvalue weighted by atomic mass is 32.2. The molecule has 0 fully saturated rings. The Labute approximate surface area is 237 Å². The monoisotopic (exact) mass is 568 g/mol. The lowest BCUT2D eigenvalue weighted by molar-refractivity contribution is -0.135. The summed E-state index contributed by atoms with van der Waals surface area (Å²) in [6.45, 7) is 11.2. The Morgan fingerprint density at radius 3 is 2.41 bits per heavy atom. The Bertz CT molecular complexity index is 1350. The van der Waals surface area contributed by atoms with Gasteiger partial charge in [-0.25, -0.2) is 8.42 Å². The first-order chi connectivity index (χ1) is 18.6. The van der Waals surface area contributed by atoms with E-state index in [0.29, 0.717) is 25.6 Å². The fourth-order valence-corrected chi connectivity index (χ4v) is 7.26. The Kier molecular flexibility index (Phi) is 9.51. The summed E-state index contributed by atoms with van der Waals surface area (Å²) in [7, 11) is -3.83. The molecule has 1 aromatic heterocycles. The zero-order chi connectivity index (χ0) is 28.2. The number of carbonyl (C=O) groups is 1. The van der Waals surface area contributed by atoms with Crippen molar-refractivity contribution in [2.24, 2.45) is 5.92 Å². The second kappa shape index (κ2) is 12.7. The molecule has 6 nitrogen and oxygen atoms in total. The van der Waals surface area contributed by atoms with Crippen LogP contribution < -0.4 is 4.74 Å². The summed E-state index contributed by atoms with van der Waals surface area (Å²) >= 11 is 1.70. The highest BCUT2D eigenvalue weighted by molar-refractivity contribution is 7.89. The van der Waals surface area contributed by atoms with Crippen molar-refractivity contribution in [3.8, 4) is 5.75 Å². The molecular weight excluding hydrogens is 528 g/mol. The van der Waals surface area contributed by atoms with Crippen LogP contribution in [-0.4, -0.2) is 49.8 Å². The molecule has 0 aliphatic carbocycles. The first kappa shape index (κ1) is 29.3. The van der Waals surface area contributed by atoms with Crippen molar-refractivity contribution in [3.05, 3.63) is 81.5 Å². The van der Waals surface area contributed by atoms with Gasteiger partial charge in [-0.15, -0.1) is 11.3 Å². The van der Waals surface area contributed by atoms with E-state index in [0.717, 1.165) is 29.7 Å². The van der Waals surface area contributed by atoms with E-state index >= 15 is 0 Å². The van der Waals surface area contributed by atoms with E-state index in [-0.39, 0.29) is 29.3 Å². The molecule has 0 saturated carbocycles. The van der Waals surface area contributed by atoms with Crippen LogP contribution in [0.15, 0.2) is 64.9 Å². The van der Waals surface area contributed by atoms with Crippen LogP contribution in [-0.2, 0) is 21.2 Å². The number of hydrogen-bond acceptors (Lipinski definition) is 5. The summed E-state index contributed by atoms with van der Waals surface area (Å²) in [5, 5.41) is 2.06. The molecular formula is C31H40N2O4S2. The van der Waals surface area contributed by atoms with Crippen LogP contribution in [0.2, 0.25) is 0 Å². The number of aryl methyl sites for hydroxylation is 1. The molecule has 2 aromatic carbocycles. The molecule has 0 spiro atoms. The van der Waals surface area contributed by atoms with Gasteiger partial charge in [-0.2, -0.15) is 4.31 Å². The zero-order valence-corrected chi connectivity index (χ0v) is 25.2. The Balaban J connectivity index is 1.56.